The van der Waals surface area contributed by atoms with Crippen molar-refractivity contribution in [3.63, 3.8) is 0 Å². The third kappa shape index (κ3) is 7.48. The van der Waals surface area contributed by atoms with Crippen molar-refractivity contribution in [3.05, 3.63) is 12.2 Å². The summed E-state index contributed by atoms with van der Waals surface area (Å²) >= 11 is 0. The van der Waals surface area contributed by atoms with Gasteiger partial charge >= 0.3 is 0 Å². The van der Waals surface area contributed by atoms with Gasteiger partial charge in [-0.2, -0.15) is 0 Å². The summed E-state index contributed by atoms with van der Waals surface area (Å²) in [7, 11) is 0. The first-order valence-electron chi connectivity index (χ1n) is 4.55. The number of ketones is 1. The quantitative estimate of drug-likeness (QED) is 0.433. The first-order valence-corrected chi connectivity index (χ1v) is 4.55. The fraction of sp³-hybridized carbons (Fsp3) is 0.700. The molecule has 0 aliphatic heterocycles. The van der Waals surface area contributed by atoms with Crippen LogP contribution in [0.5, 0.6) is 0 Å². The number of unbranched alkanes of at least 4 members (excludes halogenated alkanes) is 1. The highest BCUT2D eigenvalue weighted by molar-refractivity contribution is 5.79. The van der Waals surface area contributed by atoms with E-state index in [1.165, 1.54) is 0 Å². The number of carbonyl (C=O) groups excluding carboxylic acids is 1. The molecule has 0 aliphatic carbocycles. The monoisotopic (exact) mass is 170 g/mol. The van der Waals surface area contributed by atoms with E-state index in [0.29, 0.717) is 13.0 Å². The lowest BCUT2D eigenvalue weighted by molar-refractivity contribution is -0.122. The van der Waals surface area contributed by atoms with Crippen LogP contribution in [0.3, 0.4) is 0 Å². The molecule has 0 aromatic carbocycles. The molecule has 0 aliphatic rings. The Morgan fingerprint density at radius 2 is 2.08 bits per heavy atom. The Labute approximate surface area is 74.6 Å². The number of rotatable bonds is 7. The fourth-order valence-electron chi connectivity index (χ4n) is 0.695. The lowest BCUT2D eigenvalue weighted by Crippen LogP contribution is -2.06. The van der Waals surface area contributed by atoms with Crippen molar-refractivity contribution in [2.24, 2.45) is 0 Å². The molecular weight excluding hydrogens is 152 g/mol. The Kier molecular flexibility index (Phi) is 8.02. The minimum absolute atomic E-state index is 0.166. The molecule has 0 spiro atoms. The molecule has 0 aromatic heterocycles. The van der Waals surface area contributed by atoms with Crippen molar-refractivity contribution in [2.75, 3.05) is 13.2 Å². The lowest BCUT2D eigenvalue weighted by Gasteiger charge is -1.96. The van der Waals surface area contributed by atoms with E-state index in [9.17, 15) is 4.79 Å². The zero-order chi connectivity index (χ0) is 9.23. The van der Waals surface area contributed by atoms with E-state index < -0.39 is 0 Å². The van der Waals surface area contributed by atoms with Gasteiger partial charge in [-0.05, 0) is 6.42 Å². The zero-order valence-corrected chi connectivity index (χ0v) is 8.01. The van der Waals surface area contributed by atoms with Crippen LogP contribution in [0, 0.1) is 0 Å². The molecule has 0 N–H and O–H groups in total. The SMILES string of the molecule is CCC/C=C/COCC(=O)CC. The molecule has 0 radical (unpaired) electrons. The number of ether oxygens (including phenoxy) is 1. The van der Waals surface area contributed by atoms with Crippen molar-refractivity contribution in [3.8, 4) is 0 Å². The normalized spacial score (nSPS) is 10.8. The van der Waals surface area contributed by atoms with Crippen LogP contribution in [0.1, 0.15) is 33.1 Å². The van der Waals surface area contributed by atoms with E-state index in [1.807, 2.05) is 13.0 Å². The number of carbonyl (C=O) groups is 1. The molecule has 2 nitrogen and oxygen atoms in total. The molecule has 12 heavy (non-hydrogen) atoms. The van der Waals surface area contributed by atoms with Crippen LogP contribution in [0.2, 0.25) is 0 Å². The summed E-state index contributed by atoms with van der Waals surface area (Å²) in [4.78, 5) is 10.8. The average molecular weight is 170 g/mol. The minimum atomic E-state index is 0.166. The van der Waals surface area contributed by atoms with E-state index in [2.05, 4.69) is 13.0 Å². The molecule has 0 fully saturated rings. The molecule has 0 saturated carbocycles. The second kappa shape index (κ2) is 8.47. The van der Waals surface area contributed by atoms with Crippen LogP contribution < -0.4 is 0 Å². The summed E-state index contributed by atoms with van der Waals surface area (Å²) in [5.74, 6) is 0.166. The lowest BCUT2D eigenvalue weighted by atomic mass is 10.3. The highest BCUT2D eigenvalue weighted by atomic mass is 16.5. The second-order valence-corrected chi connectivity index (χ2v) is 2.67. The highest BCUT2D eigenvalue weighted by Gasteiger charge is 1.94. The first-order chi connectivity index (χ1) is 5.81. The maximum Gasteiger partial charge on any atom is 0.158 e. The van der Waals surface area contributed by atoms with E-state index >= 15 is 0 Å². The van der Waals surface area contributed by atoms with Gasteiger partial charge < -0.3 is 4.74 Å². The topological polar surface area (TPSA) is 26.3 Å². The molecule has 0 amide bonds. The van der Waals surface area contributed by atoms with Crippen LogP contribution in [-0.2, 0) is 9.53 Å². The van der Waals surface area contributed by atoms with Crippen LogP contribution >= 0.6 is 0 Å². The standard InChI is InChI=1S/C10H18O2/c1-3-5-6-7-8-12-9-10(11)4-2/h6-7H,3-5,8-9H2,1-2H3/b7-6+. The summed E-state index contributed by atoms with van der Waals surface area (Å²) in [5, 5.41) is 0. The number of Topliss-reactive ketones (excluding diaryl/α,β-unsaturated/α-hetero) is 1. The van der Waals surface area contributed by atoms with Gasteiger partial charge in [-0.3, -0.25) is 4.79 Å². The summed E-state index contributed by atoms with van der Waals surface area (Å²) < 4.78 is 5.10. The smallest absolute Gasteiger partial charge is 0.158 e. The highest BCUT2D eigenvalue weighted by Crippen LogP contribution is 1.89. The molecule has 70 valence electrons. The van der Waals surface area contributed by atoms with Gasteiger partial charge in [0.2, 0.25) is 0 Å². The minimum Gasteiger partial charge on any atom is -0.370 e. The zero-order valence-electron chi connectivity index (χ0n) is 8.01. The Hall–Kier alpha value is -0.630. The van der Waals surface area contributed by atoms with Crippen LogP contribution in [-0.4, -0.2) is 19.0 Å². The van der Waals surface area contributed by atoms with Crippen molar-refractivity contribution in [2.45, 2.75) is 33.1 Å². The maximum atomic E-state index is 10.8. The maximum absolute atomic E-state index is 10.8. The Morgan fingerprint density at radius 3 is 2.67 bits per heavy atom. The van der Waals surface area contributed by atoms with Gasteiger partial charge in [0.05, 0.1) is 6.61 Å². The molecular formula is C10H18O2. The van der Waals surface area contributed by atoms with E-state index in [-0.39, 0.29) is 12.4 Å². The number of hydrogen-bond acceptors (Lipinski definition) is 2. The summed E-state index contributed by atoms with van der Waals surface area (Å²) in [6, 6.07) is 0. The molecule has 0 aromatic rings. The molecule has 0 unspecified atom stereocenters. The summed E-state index contributed by atoms with van der Waals surface area (Å²) in [6.45, 7) is 4.79. The van der Waals surface area contributed by atoms with Gasteiger partial charge in [0.15, 0.2) is 5.78 Å². The van der Waals surface area contributed by atoms with Crippen LogP contribution in [0.25, 0.3) is 0 Å². The summed E-state index contributed by atoms with van der Waals surface area (Å²) in [5.41, 5.74) is 0. The van der Waals surface area contributed by atoms with Crippen molar-refractivity contribution in [1.29, 1.82) is 0 Å². The van der Waals surface area contributed by atoms with Gasteiger partial charge in [0.25, 0.3) is 0 Å². The van der Waals surface area contributed by atoms with E-state index in [0.717, 1.165) is 12.8 Å². The van der Waals surface area contributed by atoms with E-state index in [1.54, 1.807) is 0 Å². The molecule has 0 atom stereocenters. The largest absolute Gasteiger partial charge is 0.370 e. The van der Waals surface area contributed by atoms with Crippen molar-refractivity contribution < 1.29 is 9.53 Å². The first kappa shape index (κ1) is 11.4. The number of allylic oxidation sites excluding steroid dienone is 1. The van der Waals surface area contributed by atoms with Crippen LogP contribution in [0.4, 0.5) is 0 Å². The predicted octanol–water partition coefficient (Wildman–Crippen LogP) is 2.34. The third-order valence-electron chi connectivity index (χ3n) is 1.49. The fourth-order valence-corrected chi connectivity index (χ4v) is 0.695. The summed E-state index contributed by atoms with van der Waals surface area (Å²) in [6.07, 6.45) is 6.86. The Bertz CT molecular complexity index is 139. The van der Waals surface area contributed by atoms with Crippen molar-refractivity contribution >= 4 is 5.78 Å². The van der Waals surface area contributed by atoms with Crippen molar-refractivity contribution in [1.82, 2.24) is 0 Å². The van der Waals surface area contributed by atoms with E-state index in [4.69, 9.17) is 4.74 Å². The van der Waals surface area contributed by atoms with Crippen LogP contribution in [0.15, 0.2) is 12.2 Å². The molecule has 0 rings (SSSR count). The van der Waals surface area contributed by atoms with Gasteiger partial charge in [-0.1, -0.05) is 32.4 Å². The Balaban J connectivity index is 3.15. The van der Waals surface area contributed by atoms with Gasteiger partial charge in [-0.15, -0.1) is 0 Å². The third-order valence-corrected chi connectivity index (χ3v) is 1.49. The Morgan fingerprint density at radius 1 is 1.33 bits per heavy atom. The molecule has 0 saturated heterocycles. The average Bonchev–Trinajstić information content (AvgIpc) is 2.10. The van der Waals surface area contributed by atoms with Gasteiger partial charge in [0, 0.05) is 6.42 Å². The molecule has 2 heteroatoms. The van der Waals surface area contributed by atoms with Gasteiger partial charge in [0.1, 0.15) is 6.61 Å². The second-order valence-electron chi connectivity index (χ2n) is 2.67. The number of hydrogen-bond donors (Lipinski definition) is 0. The predicted molar refractivity (Wildman–Crippen MR) is 50.2 cm³/mol. The molecule has 0 heterocycles. The van der Waals surface area contributed by atoms with Gasteiger partial charge in [-0.25, -0.2) is 0 Å². The molecule has 0 bridgehead atoms.